The summed E-state index contributed by atoms with van der Waals surface area (Å²) in [4.78, 5) is 4.31. The summed E-state index contributed by atoms with van der Waals surface area (Å²) >= 11 is 0. The summed E-state index contributed by atoms with van der Waals surface area (Å²) in [6.07, 6.45) is 5.72. The van der Waals surface area contributed by atoms with Gasteiger partial charge in [0.25, 0.3) is 0 Å². The highest BCUT2D eigenvalue weighted by molar-refractivity contribution is 5.31. The van der Waals surface area contributed by atoms with Gasteiger partial charge in [0.05, 0.1) is 12.2 Å². The van der Waals surface area contributed by atoms with E-state index in [0.29, 0.717) is 0 Å². The fourth-order valence-corrected chi connectivity index (χ4v) is 1.89. The molecular weight excluding hydrogens is 200 g/mol. The Kier molecular flexibility index (Phi) is 3.01. The van der Waals surface area contributed by atoms with Crippen LogP contribution in [0.15, 0.2) is 30.7 Å². The summed E-state index contributed by atoms with van der Waals surface area (Å²) in [5, 5.41) is 7.49. The number of nitrogens with one attached hydrogen (secondary N) is 1. The van der Waals surface area contributed by atoms with Crippen molar-refractivity contribution in [1.82, 2.24) is 20.1 Å². The van der Waals surface area contributed by atoms with Crippen LogP contribution in [-0.2, 0) is 7.05 Å². The molecule has 0 amide bonds. The van der Waals surface area contributed by atoms with Crippen molar-refractivity contribution < 1.29 is 0 Å². The highest BCUT2D eigenvalue weighted by atomic mass is 15.2. The molecule has 2 rings (SSSR count). The summed E-state index contributed by atoms with van der Waals surface area (Å²) in [6, 6.07) is 4.21. The maximum Gasteiger partial charge on any atom is 0.0623 e. The molecule has 1 atom stereocenters. The van der Waals surface area contributed by atoms with Gasteiger partial charge in [-0.05, 0) is 25.6 Å². The van der Waals surface area contributed by atoms with E-state index in [1.807, 2.05) is 50.4 Å². The first-order valence-electron chi connectivity index (χ1n) is 5.29. The summed E-state index contributed by atoms with van der Waals surface area (Å²) in [6.45, 7) is 2.02. The van der Waals surface area contributed by atoms with Crippen LogP contribution in [0.2, 0.25) is 0 Å². The minimum absolute atomic E-state index is 0.155. The first-order valence-corrected chi connectivity index (χ1v) is 5.29. The zero-order valence-electron chi connectivity index (χ0n) is 9.81. The number of hydrogen-bond donors (Lipinski definition) is 1. The highest BCUT2D eigenvalue weighted by Crippen LogP contribution is 2.22. The molecule has 0 aliphatic carbocycles. The topological polar surface area (TPSA) is 42.7 Å². The van der Waals surface area contributed by atoms with E-state index in [1.54, 1.807) is 0 Å². The van der Waals surface area contributed by atoms with Crippen LogP contribution in [0.1, 0.15) is 22.9 Å². The quantitative estimate of drug-likeness (QED) is 0.844. The molecular formula is C12H16N4. The molecule has 4 nitrogen and oxygen atoms in total. The van der Waals surface area contributed by atoms with Crippen molar-refractivity contribution in [2.24, 2.45) is 7.05 Å². The zero-order chi connectivity index (χ0) is 11.5. The SMILES string of the molecule is CNC(c1cnn(C)c1)c1cccnc1C. The van der Waals surface area contributed by atoms with E-state index in [-0.39, 0.29) is 6.04 Å². The second-order valence-corrected chi connectivity index (χ2v) is 3.85. The average Bonchev–Trinajstić information content (AvgIpc) is 2.69. The van der Waals surface area contributed by atoms with Crippen molar-refractivity contribution in [3.8, 4) is 0 Å². The van der Waals surface area contributed by atoms with Crippen LogP contribution in [0.3, 0.4) is 0 Å². The predicted molar refractivity (Wildman–Crippen MR) is 63.1 cm³/mol. The molecule has 1 N–H and O–H groups in total. The Balaban J connectivity index is 2.40. The highest BCUT2D eigenvalue weighted by Gasteiger charge is 2.15. The standard InChI is InChI=1S/C12H16N4/c1-9-11(5-4-6-14-9)12(13-2)10-7-15-16(3)8-10/h4-8,12-13H,1-3H3. The molecule has 0 aliphatic heterocycles. The average molecular weight is 216 g/mol. The monoisotopic (exact) mass is 216 g/mol. The van der Waals surface area contributed by atoms with E-state index >= 15 is 0 Å². The Morgan fingerprint density at radius 1 is 1.44 bits per heavy atom. The molecule has 0 fully saturated rings. The van der Waals surface area contributed by atoms with Crippen LogP contribution < -0.4 is 5.32 Å². The Bertz CT molecular complexity index is 475. The third kappa shape index (κ3) is 1.97. The van der Waals surface area contributed by atoms with E-state index in [2.05, 4.69) is 21.5 Å². The molecule has 2 aromatic rings. The molecule has 0 saturated carbocycles. The number of aryl methyl sites for hydroxylation is 2. The van der Waals surface area contributed by atoms with Gasteiger partial charge in [-0.15, -0.1) is 0 Å². The number of rotatable bonds is 3. The van der Waals surface area contributed by atoms with Gasteiger partial charge in [0.2, 0.25) is 0 Å². The Hall–Kier alpha value is -1.68. The molecule has 0 aromatic carbocycles. The molecule has 2 aromatic heterocycles. The smallest absolute Gasteiger partial charge is 0.0623 e. The van der Waals surface area contributed by atoms with E-state index < -0.39 is 0 Å². The maximum absolute atomic E-state index is 4.31. The van der Waals surface area contributed by atoms with Crippen LogP contribution >= 0.6 is 0 Å². The van der Waals surface area contributed by atoms with Crippen LogP contribution in [0.25, 0.3) is 0 Å². The first-order chi connectivity index (χ1) is 7.72. The molecule has 1 unspecified atom stereocenters. The Morgan fingerprint density at radius 2 is 2.25 bits per heavy atom. The normalized spacial score (nSPS) is 12.7. The molecule has 2 heterocycles. The van der Waals surface area contributed by atoms with Gasteiger partial charge in [-0.25, -0.2) is 0 Å². The fraction of sp³-hybridized carbons (Fsp3) is 0.333. The summed E-state index contributed by atoms with van der Waals surface area (Å²) < 4.78 is 1.81. The lowest BCUT2D eigenvalue weighted by molar-refractivity contribution is 0.681. The lowest BCUT2D eigenvalue weighted by Gasteiger charge is -2.16. The van der Waals surface area contributed by atoms with Gasteiger partial charge in [-0.1, -0.05) is 6.07 Å². The van der Waals surface area contributed by atoms with Crippen LogP contribution in [0.5, 0.6) is 0 Å². The number of aromatic nitrogens is 3. The van der Waals surface area contributed by atoms with Crippen molar-refractivity contribution in [3.05, 3.63) is 47.5 Å². The van der Waals surface area contributed by atoms with E-state index in [4.69, 9.17) is 0 Å². The van der Waals surface area contributed by atoms with Crippen molar-refractivity contribution in [2.75, 3.05) is 7.05 Å². The number of hydrogen-bond acceptors (Lipinski definition) is 3. The molecule has 0 radical (unpaired) electrons. The van der Waals surface area contributed by atoms with E-state index in [1.165, 1.54) is 5.56 Å². The van der Waals surface area contributed by atoms with E-state index in [9.17, 15) is 0 Å². The molecule has 16 heavy (non-hydrogen) atoms. The fourth-order valence-electron chi connectivity index (χ4n) is 1.89. The predicted octanol–water partition coefficient (Wildman–Crippen LogP) is 1.43. The second kappa shape index (κ2) is 4.45. The molecule has 4 heteroatoms. The first kappa shape index (κ1) is 10.8. The summed E-state index contributed by atoms with van der Waals surface area (Å²) in [7, 11) is 3.87. The largest absolute Gasteiger partial charge is 0.309 e. The van der Waals surface area contributed by atoms with Crippen molar-refractivity contribution in [3.63, 3.8) is 0 Å². The second-order valence-electron chi connectivity index (χ2n) is 3.85. The Morgan fingerprint density at radius 3 is 2.81 bits per heavy atom. The number of pyridine rings is 1. The molecule has 0 bridgehead atoms. The molecule has 0 aliphatic rings. The molecule has 0 spiro atoms. The maximum atomic E-state index is 4.31. The third-order valence-electron chi connectivity index (χ3n) is 2.71. The van der Waals surface area contributed by atoms with Crippen LogP contribution in [0, 0.1) is 6.92 Å². The zero-order valence-corrected chi connectivity index (χ0v) is 9.81. The minimum atomic E-state index is 0.155. The Labute approximate surface area is 95.3 Å². The van der Waals surface area contributed by atoms with Gasteiger partial charge >= 0.3 is 0 Å². The minimum Gasteiger partial charge on any atom is -0.309 e. The lowest BCUT2D eigenvalue weighted by Crippen LogP contribution is -2.18. The lowest BCUT2D eigenvalue weighted by atomic mass is 10.0. The van der Waals surface area contributed by atoms with Crippen molar-refractivity contribution in [2.45, 2.75) is 13.0 Å². The van der Waals surface area contributed by atoms with Gasteiger partial charge in [-0.2, -0.15) is 5.10 Å². The van der Waals surface area contributed by atoms with Crippen LogP contribution in [0.4, 0.5) is 0 Å². The molecule has 84 valence electrons. The van der Waals surface area contributed by atoms with Crippen molar-refractivity contribution in [1.29, 1.82) is 0 Å². The number of nitrogens with zero attached hydrogens (tertiary/aromatic N) is 3. The van der Waals surface area contributed by atoms with Gasteiger partial charge in [0.15, 0.2) is 0 Å². The van der Waals surface area contributed by atoms with E-state index in [0.717, 1.165) is 11.3 Å². The van der Waals surface area contributed by atoms with Crippen LogP contribution in [-0.4, -0.2) is 21.8 Å². The molecule has 0 saturated heterocycles. The van der Waals surface area contributed by atoms with Gasteiger partial charge < -0.3 is 5.32 Å². The summed E-state index contributed by atoms with van der Waals surface area (Å²) in [5.41, 5.74) is 3.39. The van der Waals surface area contributed by atoms with Gasteiger partial charge in [0.1, 0.15) is 0 Å². The van der Waals surface area contributed by atoms with Gasteiger partial charge in [-0.3, -0.25) is 9.67 Å². The third-order valence-corrected chi connectivity index (χ3v) is 2.71. The van der Waals surface area contributed by atoms with Crippen molar-refractivity contribution >= 4 is 0 Å². The van der Waals surface area contributed by atoms with Gasteiger partial charge in [0, 0.05) is 30.7 Å². The summed E-state index contributed by atoms with van der Waals surface area (Å²) in [5.74, 6) is 0.